The molecule has 3 heteroatoms. The predicted octanol–water partition coefficient (Wildman–Crippen LogP) is 3.53. The van der Waals surface area contributed by atoms with Gasteiger partial charge in [0.05, 0.1) is 0 Å². The summed E-state index contributed by atoms with van der Waals surface area (Å²) in [6, 6.07) is 12.6. The summed E-state index contributed by atoms with van der Waals surface area (Å²) in [6.07, 6.45) is 5.34. The normalized spacial score (nSPS) is 11.4. The molecular weight excluding hydrogens is 272 g/mol. The first-order valence-corrected chi connectivity index (χ1v) is 7.92. The second-order valence-electron chi connectivity index (χ2n) is 6.72. The number of rotatable bonds is 6. The minimum Gasteiger partial charge on any atom is -0.354 e. The molecule has 3 nitrogen and oxygen atoms in total. The van der Waals surface area contributed by atoms with Gasteiger partial charge in [0.2, 0.25) is 5.91 Å². The van der Waals surface area contributed by atoms with Crippen molar-refractivity contribution >= 4 is 5.91 Å². The molecule has 0 aliphatic rings. The summed E-state index contributed by atoms with van der Waals surface area (Å²) < 4.78 is 2.06. The van der Waals surface area contributed by atoms with Crippen molar-refractivity contribution in [1.82, 2.24) is 9.88 Å². The average molecular weight is 298 g/mol. The van der Waals surface area contributed by atoms with Crippen LogP contribution in [0.15, 0.2) is 48.8 Å². The number of aryl methyl sites for hydroxylation is 1. The summed E-state index contributed by atoms with van der Waals surface area (Å²) in [7, 11) is 0. The molecule has 0 saturated heterocycles. The van der Waals surface area contributed by atoms with E-state index in [4.69, 9.17) is 0 Å². The Morgan fingerprint density at radius 3 is 2.32 bits per heavy atom. The fraction of sp³-hybridized carbons (Fsp3) is 0.421. The standard InChI is InChI=1S/C19H26N2O/c1-19(2,3)17-9-6-16(7-10-17)8-11-18(22)20-12-15-21-13-4-5-14-21/h4-7,9-10,13-14H,8,11-12,15H2,1-3H3,(H,20,22). The monoisotopic (exact) mass is 298 g/mol. The number of aromatic nitrogens is 1. The van der Waals surface area contributed by atoms with Crippen LogP contribution in [0.4, 0.5) is 0 Å². The lowest BCUT2D eigenvalue weighted by atomic mass is 9.86. The number of hydrogen-bond donors (Lipinski definition) is 1. The molecule has 0 aliphatic carbocycles. The van der Waals surface area contributed by atoms with Crippen molar-refractivity contribution in [2.75, 3.05) is 6.54 Å². The van der Waals surface area contributed by atoms with Crippen LogP contribution in [0.1, 0.15) is 38.3 Å². The van der Waals surface area contributed by atoms with E-state index >= 15 is 0 Å². The Kier molecular flexibility index (Phi) is 5.42. The molecule has 0 aliphatic heterocycles. The number of hydrogen-bond acceptors (Lipinski definition) is 1. The quantitative estimate of drug-likeness (QED) is 0.869. The molecule has 1 aromatic carbocycles. The van der Waals surface area contributed by atoms with Crippen LogP contribution in [0, 0.1) is 0 Å². The molecule has 2 rings (SSSR count). The van der Waals surface area contributed by atoms with Gasteiger partial charge in [-0.3, -0.25) is 4.79 Å². The third kappa shape index (κ3) is 5.06. The third-order valence-corrected chi connectivity index (χ3v) is 3.82. The van der Waals surface area contributed by atoms with Crippen LogP contribution >= 0.6 is 0 Å². The first-order chi connectivity index (χ1) is 10.4. The smallest absolute Gasteiger partial charge is 0.220 e. The van der Waals surface area contributed by atoms with E-state index in [0.29, 0.717) is 13.0 Å². The highest BCUT2D eigenvalue weighted by molar-refractivity contribution is 5.76. The average Bonchev–Trinajstić information content (AvgIpc) is 2.98. The van der Waals surface area contributed by atoms with Crippen LogP contribution in [-0.2, 0) is 23.2 Å². The molecule has 1 heterocycles. The number of carbonyl (C=O) groups is 1. The molecule has 22 heavy (non-hydrogen) atoms. The molecule has 2 aromatic rings. The van der Waals surface area contributed by atoms with Gasteiger partial charge < -0.3 is 9.88 Å². The van der Waals surface area contributed by atoms with Crippen LogP contribution in [0.2, 0.25) is 0 Å². The predicted molar refractivity (Wildman–Crippen MR) is 90.9 cm³/mol. The number of amides is 1. The van der Waals surface area contributed by atoms with Gasteiger partial charge in [0.1, 0.15) is 0 Å². The van der Waals surface area contributed by atoms with Gasteiger partial charge in [-0.25, -0.2) is 0 Å². The van der Waals surface area contributed by atoms with Crippen LogP contribution in [-0.4, -0.2) is 17.0 Å². The Bertz CT molecular complexity index is 577. The Balaban J connectivity index is 1.71. The summed E-state index contributed by atoms with van der Waals surface area (Å²) in [5.41, 5.74) is 2.72. The Hall–Kier alpha value is -2.03. The minimum atomic E-state index is 0.118. The molecule has 0 saturated carbocycles. The highest BCUT2D eigenvalue weighted by Crippen LogP contribution is 2.22. The maximum absolute atomic E-state index is 11.9. The summed E-state index contributed by atoms with van der Waals surface area (Å²) in [6.45, 7) is 8.12. The number of benzene rings is 1. The fourth-order valence-electron chi connectivity index (χ4n) is 2.36. The van der Waals surface area contributed by atoms with E-state index in [2.05, 4.69) is 54.9 Å². The molecule has 0 bridgehead atoms. The van der Waals surface area contributed by atoms with Crippen molar-refractivity contribution in [3.8, 4) is 0 Å². The fourth-order valence-corrected chi connectivity index (χ4v) is 2.36. The van der Waals surface area contributed by atoms with E-state index in [1.54, 1.807) is 0 Å². The van der Waals surface area contributed by atoms with Gasteiger partial charge >= 0.3 is 0 Å². The molecule has 1 N–H and O–H groups in total. The molecular formula is C19H26N2O. The van der Waals surface area contributed by atoms with E-state index in [1.807, 2.05) is 24.5 Å². The highest BCUT2D eigenvalue weighted by atomic mass is 16.1. The molecule has 0 radical (unpaired) electrons. The zero-order chi connectivity index (χ0) is 16.0. The lowest BCUT2D eigenvalue weighted by Gasteiger charge is -2.19. The van der Waals surface area contributed by atoms with Crippen LogP contribution < -0.4 is 5.32 Å². The van der Waals surface area contributed by atoms with Crippen molar-refractivity contribution in [3.63, 3.8) is 0 Å². The molecule has 0 spiro atoms. The van der Waals surface area contributed by atoms with Crippen LogP contribution in [0.25, 0.3) is 0 Å². The molecule has 0 fully saturated rings. The Labute approximate surface area is 133 Å². The first kappa shape index (κ1) is 16.3. The first-order valence-electron chi connectivity index (χ1n) is 7.92. The number of carbonyl (C=O) groups excluding carboxylic acids is 1. The van der Waals surface area contributed by atoms with Crippen molar-refractivity contribution < 1.29 is 4.79 Å². The zero-order valence-electron chi connectivity index (χ0n) is 13.8. The molecule has 0 atom stereocenters. The van der Waals surface area contributed by atoms with Gasteiger partial charge in [0.25, 0.3) is 0 Å². The largest absolute Gasteiger partial charge is 0.354 e. The lowest BCUT2D eigenvalue weighted by molar-refractivity contribution is -0.121. The second kappa shape index (κ2) is 7.30. The van der Waals surface area contributed by atoms with Crippen molar-refractivity contribution in [2.45, 2.75) is 45.6 Å². The van der Waals surface area contributed by atoms with Crippen molar-refractivity contribution in [3.05, 3.63) is 59.9 Å². The van der Waals surface area contributed by atoms with E-state index in [0.717, 1.165) is 13.0 Å². The van der Waals surface area contributed by atoms with Gasteiger partial charge in [-0.2, -0.15) is 0 Å². The second-order valence-corrected chi connectivity index (χ2v) is 6.72. The molecule has 0 unspecified atom stereocenters. The van der Waals surface area contributed by atoms with Gasteiger partial charge in [-0.05, 0) is 35.1 Å². The third-order valence-electron chi connectivity index (χ3n) is 3.82. The zero-order valence-corrected chi connectivity index (χ0v) is 13.8. The Morgan fingerprint density at radius 2 is 1.73 bits per heavy atom. The maximum atomic E-state index is 11.9. The number of nitrogens with one attached hydrogen (secondary N) is 1. The summed E-state index contributed by atoms with van der Waals surface area (Å²) in [5.74, 6) is 0.118. The van der Waals surface area contributed by atoms with Gasteiger partial charge in [0, 0.05) is 31.9 Å². The minimum absolute atomic E-state index is 0.118. The van der Waals surface area contributed by atoms with Crippen LogP contribution in [0.3, 0.4) is 0 Å². The van der Waals surface area contributed by atoms with Crippen LogP contribution in [0.5, 0.6) is 0 Å². The SMILES string of the molecule is CC(C)(C)c1ccc(CCC(=O)NCCn2cccc2)cc1. The van der Waals surface area contributed by atoms with E-state index in [1.165, 1.54) is 11.1 Å². The summed E-state index contributed by atoms with van der Waals surface area (Å²) in [4.78, 5) is 11.9. The highest BCUT2D eigenvalue weighted by Gasteiger charge is 2.12. The summed E-state index contributed by atoms with van der Waals surface area (Å²) >= 11 is 0. The summed E-state index contributed by atoms with van der Waals surface area (Å²) in [5, 5.41) is 2.97. The Morgan fingerprint density at radius 1 is 1.09 bits per heavy atom. The van der Waals surface area contributed by atoms with E-state index < -0.39 is 0 Å². The van der Waals surface area contributed by atoms with Gasteiger partial charge in [-0.1, -0.05) is 45.0 Å². The maximum Gasteiger partial charge on any atom is 0.220 e. The van der Waals surface area contributed by atoms with Gasteiger partial charge in [0.15, 0.2) is 0 Å². The van der Waals surface area contributed by atoms with E-state index in [-0.39, 0.29) is 11.3 Å². The molecule has 1 aromatic heterocycles. The lowest BCUT2D eigenvalue weighted by Crippen LogP contribution is -2.27. The van der Waals surface area contributed by atoms with Crippen molar-refractivity contribution in [2.24, 2.45) is 0 Å². The topological polar surface area (TPSA) is 34.0 Å². The van der Waals surface area contributed by atoms with E-state index in [9.17, 15) is 4.79 Å². The van der Waals surface area contributed by atoms with Gasteiger partial charge in [-0.15, -0.1) is 0 Å². The number of nitrogens with zero attached hydrogens (tertiary/aromatic N) is 1. The van der Waals surface area contributed by atoms with Crippen molar-refractivity contribution in [1.29, 1.82) is 0 Å². The molecule has 1 amide bonds. The molecule has 118 valence electrons.